The van der Waals surface area contributed by atoms with E-state index in [1.54, 1.807) is 0 Å². The number of primary amides is 1. The van der Waals surface area contributed by atoms with E-state index in [0.717, 1.165) is 18.1 Å². The molecule has 0 radical (unpaired) electrons. The van der Waals surface area contributed by atoms with E-state index in [1.807, 2.05) is 0 Å². The molecule has 1 saturated carbocycles. The van der Waals surface area contributed by atoms with E-state index in [9.17, 15) is 9.59 Å². The first-order valence-electron chi connectivity index (χ1n) is 6.97. The Morgan fingerprint density at radius 2 is 1.85 bits per heavy atom. The van der Waals surface area contributed by atoms with Crippen molar-refractivity contribution in [2.45, 2.75) is 26.2 Å². The first-order chi connectivity index (χ1) is 9.49. The molecule has 1 aromatic rings. The van der Waals surface area contributed by atoms with E-state index >= 15 is 0 Å². The number of nitrogens with zero attached hydrogens (tertiary/aromatic N) is 1. The molecular weight excluding hydrogens is 274 g/mol. The molecule has 3 rings (SSSR count). The van der Waals surface area contributed by atoms with Crippen molar-refractivity contribution in [1.82, 2.24) is 0 Å². The van der Waals surface area contributed by atoms with Crippen LogP contribution in [0.2, 0.25) is 0 Å². The molecular formula is C14H19N3O2S. The summed E-state index contributed by atoms with van der Waals surface area (Å²) in [6.45, 7) is 3.36. The Balaban J connectivity index is 1.99. The lowest BCUT2D eigenvalue weighted by atomic mass is 10.0. The summed E-state index contributed by atoms with van der Waals surface area (Å²) in [5.74, 6) is 0.763. The number of nitrogen functional groups attached to an aromatic ring is 1. The van der Waals surface area contributed by atoms with Crippen LogP contribution in [0.3, 0.4) is 0 Å². The van der Waals surface area contributed by atoms with Crippen LogP contribution in [0.25, 0.3) is 0 Å². The summed E-state index contributed by atoms with van der Waals surface area (Å²) in [7, 11) is 0. The Hall–Kier alpha value is -1.56. The summed E-state index contributed by atoms with van der Waals surface area (Å²) >= 11 is 1.31. The number of amides is 1. The summed E-state index contributed by atoms with van der Waals surface area (Å²) in [4.78, 5) is 26.0. The largest absolute Gasteiger partial charge is 0.397 e. The number of hydrogen-bond acceptors (Lipinski definition) is 5. The Morgan fingerprint density at radius 1 is 1.25 bits per heavy atom. The second-order valence-corrected chi connectivity index (χ2v) is 6.80. The zero-order valence-corrected chi connectivity index (χ0v) is 12.3. The van der Waals surface area contributed by atoms with Gasteiger partial charge in [-0.3, -0.25) is 9.59 Å². The highest BCUT2D eigenvalue weighted by molar-refractivity contribution is 7.19. The van der Waals surface area contributed by atoms with Crippen molar-refractivity contribution in [1.29, 1.82) is 0 Å². The molecule has 0 spiro atoms. The first-order valence-corrected chi connectivity index (χ1v) is 7.78. The smallest absolute Gasteiger partial charge is 0.253 e. The van der Waals surface area contributed by atoms with Crippen LogP contribution < -0.4 is 16.4 Å². The average Bonchev–Trinajstić information content (AvgIpc) is 2.98. The molecule has 1 saturated heterocycles. The normalized spacial score (nSPS) is 24.9. The van der Waals surface area contributed by atoms with Crippen LogP contribution in [0.5, 0.6) is 0 Å². The van der Waals surface area contributed by atoms with Gasteiger partial charge in [-0.15, -0.1) is 11.3 Å². The number of thiophene rings is 1. The lowest BCUT2D eigenvalue weighted by Crippen LogP contribution is -2.23. The Labute approximate surface area is 121 Å². The third-order valence-corrected chi connectivity index (χ3v) is 5.87. The van der Waals surface area contributed by atoms with Crippen LogP contribution in [-0.4, -0.2) is 24.8 Å². The molecule has 1 aliphatic heterocycles. The minimum atomic E-state index is -0.543. The molecule has 1 aromatic heterocycles. The highest BCUT2D eigenvalue weighted by Gasteiger charge is 2.38. The summed E-state index contributed by atoms with van der Waals surface area (Å²) in [5.41, 5.74) is 12.0. The van der Waals surface area contributed by atoms with Gasteiger partial charge in [-0.25, -0.2) is 0 Å². The monoisotopic (exact) mass is 293 g/mol. The van der Waals surface area contributed by atoms with Crippen molar-refractivity contribution in [3.8, 4) is 0 Å². The van der Waals surface area contributed by atoms with Gasteiger partial charge in [0, 0.05) is 20.0 Å². The fourth-order valence-electron chi connectivity index (χ4n) is 3.55. The molecule has 0 aromatic carbocycles. The molecule has 108 valence electrons. The van der Waals surface area contributed by atoms with Gasteiger partial charge in [0.1, 0.15) is 5.00 Å². The van der Waals surface area contributed by atoms with Crippen LogP contribution in [0.4, 0.5) is 10.7 Å². The van der Waals surface area contributed by atoms with Crippen molar-refractivity contribution >= 4 is 33.7 Å². The second-order valence-electron chi connectivity index (χ2n) is 5.80. The van der Waals surface area contributed by atoms with Crippen molar-refractivity contribution < 1.29 is 9.59 Å². The summed E-state index contributed by atoms with van der Waals surface area (Å²) in [5, 5.41) is 0.787. The van der Waals surface area contributed by atoms with Crippen molar-refractivity contribution in [2.24, 2.45) is 17.6 Å². The topological polar surface area (TPSA) is 89.4 Å². The van der Waals surface area contributed by atoms with E-state index in [0.29, 0.717) is 22.3 Å². The second kappa shape index (κ2) is 4.77. The number of fused-ring (bicyclic) bond motifs is 1. The van der Waals surface area contributed by atoms with E-state index in [2.05, 4.69) is 4.90 Å². The number of ketones is 1. The predicted octanol–water partition coefficient (Wildman–Crippen LogP) is 1.87. The highest BCUT2D eigenvalue weighted by Crippen LogP contribution is 2.45. The zero-order chi connectivity index (χ0) is 14.4. The minimum Gasteiger partial charge on any atom is -0.397 e. The molecule has 2 heterocycles. The maximum Gasteiger partial charge on any atom is 0.253 e. The summed E-state index contributed by atoms with van der Waals surface area (Å²) in [6.07, 6.45) is 3.82. The lowest BCUT2D eigenvalue weighted by molar-refractivity contribution is 0.100. The molecule has 6 heteroatoms. The van der Waals surface area contributed by atoms with Crippen LogP contribution >= 0.6 is 11.3 Å². The number of hydrogen-bond donors (Lipinski definition) is 2. The first kappa shape index (κ1) is 13.4. The number of anilines is 2. The van der Waals surface area contributed by atoms with Gasteiger partial charge < -0.3 is 16.4 Å². The van der Waals surface area contributed by atoms with Gasteiger partial charge in [0.15, 0.2) is 5.78 Å². The minimum absolute atomic E-state index is 0.111. The third-order valence-electron chi connectivity index (χ3n) is 4.51. The summed E-state index contributed by atoms with van der Waals surface area (Å²) in [6, 6.07) is 0. The van der Waals surface area contributed by atoms with Gasteiger partial charge in [-0.05, 0) is 24.7 Å². The van der Waals surface area contributed by atoms with E-state index in [-0.39, 0.29) is 11.5 Å². The quantitative estimate of drug-likeness (QED) is 0.832. The van der Waals surface area contributed by atoms with Crippen LogP contribution in [0.1, 0.15) is 46.2 Å². The molecule has 20 heavy (non-hydrogen) atoms. The Kier molecular flexibility index (Phi) is 3.20. The standard InChI is InChI=1S/C14H19N3O2S/c1-7(18)12-11(15)10(13(16)19)14(20-12)17-5-8-3-2-4-9(8)6-17/h8-9H,2-6,15H2,1H3,(H2,16,19). The maximum atomic E-state index is 11.7. The molecule has 2 unspecified atom stereocenters. The number of Topliss-reactive ketones (excluding diaryl/α,β-unsaturated/α-hetero) is 1. The molecule has 1 amide bonds. The van der Waals surface area contributed by atoms with Gasteiger partial charge >= 0.3 is 0 Å². The fourth-order valence-corrected chi connectivity index (χ4v) is 4.69. The molecule has 5 nitrogen and oxygen atoms in total. The highest BCUT2D eigenvalue weighted by atomic mass is 32.1. The van der Waals surface area contributed by atoms with Crippen molar-refractivity contribution in [3.05, 3.63) is 10.4 Å². The number of rotatable bonds is 3. The van der Waals surface area contributed by atoms with Crippen molar-refractivity contribution in [2.75, 3.05) is 23.7 Å². The number of nitrogens with two attached hydrogens (primary N) is 2. The van der Waals surface area contributed by atoms with E-state index in [4.69, 9.17) is 11.5 Å². The third kappa shape index (κ3) is 1.98. The van der Waals surface area contributed by atoms with Crippen LogP contribution in [0, 0.1) is 11.8 Å². The molecule has 0 bridgehead atoms. The van der Waals surface area contributed by atoms with E-state index in [1.165, 1.54) is 37.5 Å². The van der Waals surface area contributed by atoms with Crippen molar-refractivity contribution in [3.63, 3.8) is 0 Å². The maximum absolute atomic E-state index is 11.7. The predicted molar refractivity (Wildman–Crippen MR) is 80.3 cm³/mol. The van der Waals surface area contributed by atoms with Gasteiger partial charge in [0.05, 0.1) is 16.1 Å². The van der Waals surface area contributed by atoms with Gasteiger partial charge in [-0.1, -0.05) is 6.42 Å². The van der Waals surface area contributed by atoms with E-state index < -0.39 is 5.91 Å². The Morgan fingerprint density at radius 3 is 2.35 bits per heavy atom. The lowest BCUT2D eigenvalue weighted by Gasteiger charge is -2.18. The Bertz CT molecular complexity index is 569. The van der Waals surface area contributed by atoms with Gasteiger partial charge in [0.25, 0.3) is 5.91 Å². The molecule has 2 aliphatic rings. The molecule has 2 atom stereocenters. The van der Waals surface area contributed by atoms with Gasteiger partial charge in [-0.2, -0.15) is 0 Å². The summed E-state index contributed by atoms with van der Waals surface area (Å²) < 4.78 is 0. The molecule has 2 fully saturated rings. The number of carbonyl (C=O) groups excluding carboxylic acids is 2. The number of carbonyl (C=O) groups is 2. The molecule has 1 aliphatic carbocycles. The van der Waals surface area contributed by atoms with Gasteiger partial charge in [0.2, 0.25) is 0 Å². The SMILES string of the molecule is CC(=O)c1sc(N2CC3CCCC3C2)c(C(N)=O)c1N. The fraction of sp³-hybridized carbons (Fsp3) is 0.571. The van der Waals surface area contributed by atoms with Crippen LogP contribution in [0.15, 0.2) is 0 Å². The molecule has 4 N–H and O–H groups in total. The van der Waals surface area contributed by atoms with Crippen LogP contribution in [-0.2, 0) is 0 Å². The average molecular weight is 293 g/mol. The zero-order valence-electron chi connectivity index (χ0n) is 11.5.